The Bertz CT molecular complexity index is 720. The van der Waals surface area contributed by atoms with Crippen LogP contribution < -0.4 is 5.32 Å². The summed E-state index contributed by atoms with van der Waals surface area (Å²) in [4.78, 5) is 0. The van der Waals surface area contributed by atoms with E-state index in [1.54, 1.807) is 0 Å². The van der Waals surface area contributed by atoms with E-state index < -0.39 is 0 Å². The van der Waals surface area contributed by atoms with Gasteiger partial charge in [0, 0.05) is 11.4 Å². The second-order valence-electron chi connectivity index (χ2n) is 9.20. The summed E-state index contributed by atoms with van der Waals surface area (Å²) >= 11 is 0. The van der Waals surface area contributed by atoms with E-state index >= 15 is 0 Å². The molecule has 0 amide bonds. The van der Waals surface area contributed by atoms with E-state index in [-0.39, 0.29) is 10.8 Å². The van der Waals surface area contributed by atoms with Gasteiger partial charge in [-0.3, -0.25) is 0 Å². The van der Waals surface area contributed by atoms with Gasteiger partial charge in [0.05, 0.1) is 0 Å². The zero-order valence-electron chi connectivity index (χ0n) is 17.9. The minimum absolute atomic E-state index is 0.127. The summed E-state index contributed by atoms with van der Waals surface area (Å²) in [5.41, 5.74) is 7.60. The van der Waals surface area contributed by atoms with Crippen LogP contribution in [-0.2, 0) is 12.8 Å². The predicted molar refractivity (Wildman–Crippen MR) is 121 cm³/mol. The van der Waals surface area contributed by atoms with E-state index in [2.05, 4.69) is 109 Å². The zero-order chi connectivity index (χ0) is 20.2. The van der Waals surface area contributed by atoms with Crippen LogP contribution in [-0.4, -0.2) is 0 Å². The van der Waals surface area contributed by atoms with Gasteiger partial charge < -0.3 is 5.32 Å². The molecule has 0 heterocycles. The third kappa shape index (κ3) is 5.85. The van der Waals surface area contributed by atoms with E-state index in [1.165, 1.54) is 22.3 Å². The van der Waals surface area contributed by atoms with Crippen LogP contribution in [0.3, 0.4) is 0 Å². The molecule has 0 aliphatic heterocycles. The monoisotopic (exact) mass is 361 g/mol. The van der Waals surface area contributed by atoms with Crippen LogP contribution in [0, 0.1) is 10.8 Å². The quantitative estimate of drug-likeness (QED) is 0.474. The van der Waals surface area contributed by atoms with Crippen molar-refractivity contribution >= 4 is 11.4 Å². The average Bonchev–Trinajstić information content (AvgIpc) is 2.57. The number of allylic oxidation sites excluding steroid dienone is 2. The lowest BCUT2D eigenvalue weighted by Gasteiger charge is -2.25. The fourth-order valence-electron chi connectivity index (χ4n) is 2.90. The second kappa shape index (κ2) is 8.17. The number of anilines is 2. The van der Waals surface area contributed by atoms with Gasteiger partial charge in [0.1, 0.15) is 0 Å². The zero-order valence-corrected chi connectivity index (χ0v) is 17.9. The molecule has 2 rings (SSSR count). The van der Waals surface area contributed by atoms with Gasteiger partial charge in [-0.05, 0) is 72.9 Å². The smallest absolute Gasteiger partial charge is 0.0384 e. The van der Waals surface area contributed by atoms with Gasteiger partial charge in [-0.2, -0.15) is 0 Å². The number of benzene rings is 2. The molecule has 0 spiro atoms. The van der Waals surface area contributed by atoms with Gasteiger partial charge in [-0.1, -0.05) is 76.3 Å². The third-order valence-electron chi connectivity index (χ3n) is 5.80. The van der Waals surface area contributed by atoms with Gasteiger partial charge in [-0.25, -0.2) is 0 Å². The van der Waals surface area contributed by atoms with E-state index in [4.69, 9.17) is 0 Å². The van der Waals surface area contributed by atoms with Crippen molar-refractivity contribution in [3.8, 4) is 0 Å². The summed E-state index contributed by atoms with van der Waals surface area (Å²) in [6.07, 6.45) is 2.02. The van der Waals surface area contributed by atoms with Crippen LogP contribution in [0.4, 0.5) is 11.4 Å². The number of hydrogen-bond donors (Lipinski definition) is 1. The molecule has 0 aliphatic carbocycles. The lowest BCUT2D eigenvalue weighted by atomic mass is 9.80. The van der Waals surface area contributed by atoms with Crippen molar-refractivity contribution < 1.29 is 0 Å². The standard InChI is InChI=1S/C26H35N/c1-19(2)25(5,6)17-21-9-13-23(14-10-21)27-24-15-11-22(12-16-24)18-26(7,8)20(3)4/h9-16,27H,1,3,17-18H2,2,4-8H3. The summed E-state index contributed by atoms with van der Waals surface area (Å²) in [6, 6.07) is 17.4. The molecular formula is C26H35N. The van der Waals surface area contributed by atoms with Crippen molar-refractivity contribution in [2.24, 2.45) is 10.8 Å². The second-order valence-corrected chi connectivity index (χ2v) is 9.20. The Hall–Kier alpha value is -2.28. The predicted octanol–water partition coefficient (Wildman–Crippen LogP) is 7.72. The van der Waals surface area contributed by atoms with Crippen LogP contribution in [0.25, 0.3) is 0 Å². The largest absolute Gasteiger partial charge is 0.356 e. The van der Waals surface area contributed by atoms with Crippen LogP contribution >= 0.6 is 0 Å². The molecule has 0 bridgehead atoms. The normalized spacial score (nSPS) is 11.9. The van der Waals surface area contributed by atoms with Crippen molar-refractivity contribution in [3.63, 3.8) is 0 Å². The minimum Gasteiger partial charge on any atom is -0.356 e. The Morgan fingerprint density at radius 1 is 0.667 bits per heavy atom. The van der Waals surface area contributed by atoms with Gasteiger partial charge in [0.15, 0.2) is 0 Å². The number of hydrogen-bond acceptors (Lipinski definition) is 1. The molecule has 2 aromatic rings. The van der Waals surface area contributed by atoms with Crippen molar-refractivity contribution in [2.45, 2.75) is 54.4 Å². The molecule has 0 radical (unpaired) electrons. The van der Waals surface area contributed by atoms with Gasteiger partial charge in [0.25, 0.3) is 0 Å². The Kier molecular flexibility index (Phi) is 6.36. The van der Waals surface area contributed by atoms with Crippen molar-refractivity contribution in [1.29, 1.82) is 0 Å². The van der Waals surface area contributed by atoms with Crippen LogP contribution in [0.15, 0.2) is 72.8 Å². The molecule has 0 unspecified atom stereocenters. The molecule has 0 atom stereocenters. The van der Waals surface area contributed by atoms with Crippen LogP contribution in [0.5, 0.6) is 0 Å². The third-order valence-corrected chi connectivity index (χ3v) is 5.80. The first-order valence-electron chi connectivity index (χ1n) is 9.76. The highest BCUT2D eigenvalue weighted by Crippen LogP contribution is 2.31. The lowest BCUT2D eigenvalue weighted by Crippen LogP contribution is -2.15. The Balaban J connectivity index is 2.01. The molecule has 0 aromatic heterocycles. The lowest BCUT2D eigenvalue weighted by molar-refractivity contribution is 0.445. The summed E-state index contributed by atoms with van der Waals surface area (Å²) in [5, 5.41) is 3.49. The summed E-state index contributed by atoms with van der Waals surface area (Å²) < 4.78 is 0. The van der Waals surface area contributed by atoms with Crippen molar-refractivity contribution in [3.05, 3.63) is 84.0 Å². The van der Waals surface area contributed by atoms with Gasteiger partial charge >= 0.3 is 0 Å². The molecule has 1 nitrogen and oxygen atoms in total. The Morgan fingerprint density at radius 3 is 1.22 bits per heavy atom. The van der Waals surface area contributed by atoms with E-state index in [0.29, 0.717) is 0 Å². The summed E-state index contributed by atoms with van der Waals surface area (Å²) in [6.45, 7) is 21.4. The van der Waals surface area contributed by atoms with E-state index in [0.717, 1.165) is 24.2 Å². The summed E-state index contributed by atoms with van der Waals surface area (Å²) in [5.74, 6) is 0. The fourth-order valence-corrected chi connectivity index (χ4v) is 2.90. The van der Waals surface area contributed by atoms with E-state index in [9.17, 15) is 0 Å². The minimum atomic E-state index is 0.127. The van der Waals surface area contributed by atoms with Crippen LogP contribution in [0.1, 0.15) is 52.7 Å². The molecule has 1 N–H and O–H groups in total. The Morgan fingerprint density at radius 2 is 0.963 bits per heavy atom. The fraction of sp³-hybridized carbons (Fsp3) is 0.385. The highest BCUT2D eigenvalue weighted by Gasteiger charge is 2.20. The highest BCUT2D eigenvalue weighted by molar-refractivity contribution is 5.60. The van der Waals surface area contributed by atoms with Crippen LogP contribution in [0.2, 0.25) is 0 Å². The SMILES string of the molecule is C=C(C)C(C)(C)Cc1ccc(Nc2ccc(CC(C)(C)C(=C)C)cc2)cc1. The first-order valence-corrected chi connectivity index (χ1v) is 9.76. The molecular weight excluding hydrogens is 326 g/mol. The molecule has 144 valence electrons. The van der Waals surface area contributed by atoms with Crippen molar-refractivity contribution in [1.82, 2.24) is 0 Å². The average molecular weight is 362 g/mol. The van der Waals surface area contributed by atoms with Gasteiger partial charge in [-0.15, -0.1) is 0 Å². The molecule has 0 aliphatic rings. The molecule has 0 saturated carbocycles. The molecule has 2 aromatic carbocycles. The maximum Gasteiger partial charge on any atom is 0.0384 e. The van der Waals surface area contributed by atoms with Crippen molar-refractivity contribution in [2.75, 3.05) is 5.32 Å². The Labute approximate surface area is 166 Å². The topological polar surface area (TPSA) is 12.0 Å². The molecule has 0 fully saturated rings. The highest BCUT2D eigenvalue weighted by atomic mass is 14.9. The number of nitrogens with one attached hydrogen (secondary N) is 1. The molecule has 27 heavy (non-hydrogen) atoms. The molecule has 0 saturated heterocycles. The maximum absolute atomic E-state index is 4.12. The number of rotatable bonds is 8. The molecule has 1 heteroatoms. The first kappa shape index (κ1) is 21.0. The van der Waals surface area contributed by atoms with E-state index in [1.807, 2.05) is 0 Å². The summed E-state index contributed by atoms with van der Waals surface area (Å²) in [7, 11) is 0. The maximum atomic E-state index is 4.12. The van der Waals surface area contributed by atoms with Gasteiger partial charge in [0.2, 0.25) is 0 Å². The first-order chi connectivity index (χ1) is 12.5.